The first kappa shape index (κ1) is 27.3. The standard InChI is InChI=1S/C26H39NO2S.C2H2O4/c1-24-10-6-20(30-15-3-13-27)16-19(24)4-5-23-22(24)7-11-25(2)21(8-12-26(23,25)28)18-9-14-29-17-18;3-1(4)2(5)6/h9,14,16-17,20-23,28H,3-8,10-13,15,27H2,1-2H3;(H,3,4)(H,5,6)/t20-,21+,22-,23+,24-,25+,26-;/m0./s1. The average Bonchev–Trinajstić information content (AvgIpc) is 3.45. The van der Waals surface area contributed by atoms with Crippen LogP contribution in [-0.4, -0.2) is 50.4 Å². The van der Waals surface area contributed by atoms with E-state index in [-0.39, 0.29) is 5.41 Å². The van der Waals surface area contributed by atoms with Crippen LogP contribution in [0.25, 0.3) is 0 Å². The highest BCUT2D eigenvalue weighted by Crippen LogP contribution is 2.70. The van der Waals surface area contributed by atoms with E-state index < -0.39 is 17.5 Å². The number of furan rings is 1. The van der Waals surface area contributed by atoms with Crippen LogP contribution in [0, 0.1) is 22.7 Å². The van der Waals surface area contributed by atoms with Gasteiger partial charge in [-0.3, -0.25) is 0 Å². The number of rotatable bonds is 5. The van der Waals surface area contributed by atoms with Crippen LogP contribution in [0.1, 0.15) is 83.1 Å². The van der Waals surface area contributed by atoms with Gasteiger partial charge in [-0.25, -0.2) is 9.59 Å². The van der Waals surface area contributed by atoms with E-state index in [1.807, 2.05) is 6.26 Å². The molecule has 0 bridgehead atoms. The molecule has 4 aliphatic carbocycles. The average molecular weight is 520 g/mol. The number of aliphatic hydroxyl groups is 1. The SMILES string of the molecule is C[C@]12CC[C@H](SCCCN)C=C1CC[C@@H]1[C@@H]2CC[C@]2(C)[C@@H](c3ccoc3)CC[C@]12O.O=C(O)C(=O)O. The van der Waals surface area contributed by atoms with E-state index in [0.29, 0.717) is 28.4 Å². The molecule has 3 fully saturated rings. The molecule has 1 aromatic rings. The second kappa shape index (κ2) is 10.5. The highest BCUT2D eigenvalue weighted by Gasteiger charge is 2.66. The molecular formula is C28H41NO6S. The Morgan fingerprint density at radius 3 is 2.47 bits per heavy atom. The number of hydrogen-bond acceptors (Lipinski definition) is 6. The zero-order valence-electron chi connectivity index (χ0n) is 21.4. The molecule has 5 N–H and O–H groups in total. The molecule has 0 aliphatic heterocycles. The number of thioether (sulfide) groups is 1. The summed E-state index contributed by atoms with van der Waals surface area (Å²) in [5, 5.41) is 27.7. The highest BCUT2D eigenvalue weighted by atomic mass is 32.2. The fraction of sp³-hybridized carbons (Fsp3) is 0.714. The van der Waals surface area contributed by atoms with Gasteiger partial charge in [0.1, 0.15) is 0 Å². The molecular weight excluding hydrogens is 478 g/mol. The number of allylic oxidation sites excluding steroid dienone is 1. The van der Waals surface area contributed by atoms with E-state index in [0.717, 1.165) is 38.6 Å². The van der Waals surface area contributed by atoms with Gasteiger partial charge in [0, 0.05) is 10.7 Å². The lowest BCUT2D eigenvalue weighted by Gasteiger charge is -2.62. The van der Waals surface area contributed by atoms with Gasteiger partial charge < -0.3 is 25.5 Å². The van der Waals surface area contributed by atoms with Gasteiger partial charge in [-0.1, -0.05) is 25.5 Å². The van der Waals surface area contributed by atoms with Gasteiger partial charge >= 0.3 is 11.9 Å². The summed E-state index contributed by atoms with van der Waals surface area (Å²) >= 11 is 2.10. The number of hydrogen-bond donors (Lipinski definition) is 4. The van der Waals surface area contributed by atoms with Crippen LogP contribution in [0.3, 0.4) is 0 Å². The highest BCUT2D eigenvalue weighted by molar-refractivity contribution is 8.00. The predicted octanol–water partition coefficient (Wildman–Crippen LogP) is 5.05. The number of aliphatic carboxylic acids is 2. The van der Waals surface area contributed by atoms with Gasteiger partial charge in [0.2, 0.25) is 0 Å². The lowest BCUT2D eigenvalue weighted by atomic mass is 9.45. The van der Waals surface area contributed by atoms with Crippen molar-refractivity contribution < 1.29 is 29.3 Å². The molecule has 200 valence electrons. The summed E-state index contributed by atoms with van der Waals surface area (Å²) in [6.07, 6.45) is 16.8. The minimum atomic E-state index is -1.82. The maximum atomic E-state index is 12.3. The largest absolute Gasteiger partial charge is 0.473 e. The monoisotopic (exact) mass is 519 g/mol. The Hall–Kier alpha value is -1.77. The van der Waals surface area contributed by atoms with Crippen LogP contribution in [-0.2, 0) is 9.59 Å². The number of carboxylic acid groups (broad SMARTS) is 2. The van der Waals surface area contributed by atoms with Gasteiger partial charge in [-0.15, -0.1) is 0 Å². The maximum Gasteiger partial charge on any atom is 0.414 e. The van der Waals surface area contributed by atoms with Crippen LogP contribution in [0.2, 0.25) is 0 Å². The van der Waals surface area contributed by atoms with Crippen molar-refractivity contribution in [1.82, 2.24) is 0 Å². The van der Waals surface area contributed by atoms with Gasteiger partial charge in [-0.2, -0.15) is 11.8 Å². The van der Waals surface area contributed by atoms with Crippen molar-refractivity contribution >= 4 is 23.7 Å². The molecule has 7 atom stereocenters. The van der Waals surface area contributed by atoms with Crippen LogP contribution in [0.4, 0.5) is 0 Å². The molecule has 0 spiro atoms. The summed E-state index contributed by atoms with van der Waals surface area (Å²) in [4.78, 5) is 18.2. The van der Waals surface area contributed by atoms with Crippen molar-refractivity contribution in [3.8, 4) is 0 Å². The topological polar surface area (TPSA) is 134 Å². The van der Waals surface area contributed by atoms with Gasteiger partial charge in [0.15, 0.2) is 0 Å². The van der Waals surface area contributed by atoms with Crippen LogP contribution in [0.5, 0.6) is 0 Å². The molecule has 0 unspecified atom stereocenters. The minimum absolute atomic E-state index is 0.0229. The smallest absolute Gasteiger partial charge is 0.414 e. The second-order valence-electron chi connectivity index (χ2n) is 11.6. The summed E-state index contributed by atoms with van der Waals surface area (Å²) in [6, 6.07) is 2.13. The van der Waals surface area contributed by atoms with Crippen LogP contribution >= 0.6 is 11.8 Å². The molecule has 36 heavy (non-hydrogen) atoms. The van der Waals surface area contributed by atoms with Crippen LogP contribution < -0.4 is 5.73 Å². The summed E-state index contributed by atoms with van der Waals surface area (Å²) in [6.45, 7) is 5.71. The Balaban J connectivity index is 0.000000455. The van der Waals surface area contributed by atoms with Gasteiger partial charge in [0.25, 0.3) is 0 Å². The van der Waals surface area contributed by atoms with Gasteiger partial charge in [0.05, 0.1) is 18.1 Å². The van der Waals surface area contributed by atoms with E-state index in [4.69, 9.17) is 30.0 Å². The first-order valence-corrected chi connectivity index (χ1v) is 14.3. The van der Waals surface area contributed by atoms with Crippen molar-refractivity contribution in [3.63, 3.8) is 0 Å². The third kappa shape index (κ3) is 4.65. The van der Waals surface area contributed by atoms with E-state index in [9.17, 15) is 5.11 Å². The summed E-state index contributed by atoms with van der Waals surface area (Å²) in [7, 11) is 0. The first-order valence-electron chi connectivity index (χ1n) is 13.3. The number of fused-ring (bicyclic) bond motifs is 5. The number of carbonyl (C=O) groups is 2. The summed E-state index contributed by atoms with van der Waals surface area (Å²) in [5.41, 5.74) is 8.43. The van der Waals surface area contributed by atoms with Crippen molar-refractivity contribution in [2.45, 2.75) is 88.4 Å². The summed E-state index contributed by atoms with van der Waals surface area (Å²) in [5.74, 6) is -0.960. The molecule has 3 saturated carbocycles. The third-order valence-corrected chi connectivity index (χ3v) is 11.4. The maximum absolute atomic E-state index is 12.3. The van der Waals surface area contributed by atoms with Crippen molar-refractivity contribution in [2.75, 3.05) is 12.3 Å². The molecule has 1 aromatic heterocycles. The fourth-order valence-corrected chi connectivity index (χ4v) is 9.30. The quantitative estimate of drug-likeness (QED) is 0.241. The minimum Gasteiger partial charge on any atom is -0.473 e. The van der Waals surface area contributed by atoms with Gasteiger partial charge in [-0.05, 0) is 105 Å². The molecule has 5 rings (SSSR count). The zero-order chi connectivity index (χ0) is 26.1. The Labute approximate surface area is 217 Å². The normalized spacial score (nSPS) is 39.1. The lowest BCUT2D eigenvalue weighted by molar-refractivity contribution is -0.177. The zero-order valence-corrected chi connectivity index (χ0v) is 22.3. The molecule has 8 heteroatoms. The molecule has 7 nitrogen and oxygen atoms in total. The van der Waals surface area contributed by atoms with Crippen molar-refractivity contribution in [3.05, 3.63) is 35.8 Å². The molecule has 0 radical (unpaired) electrons. The fourth-order valence-electron chi connectivity index (χ4n) is 8.12. The number of nitrogens with two attached hydrogens (primary N) is 1. The Morgan fingerprint density at radius 1 is 1.08 bits per heavy atom. The molecule has 0 amide bonds. The van der Waals surface area contributed by atoms with E-state index in [1.165, 1.54) is 37.0 Å². The van der Waals surface area contributed by atoms with E-state index in [1.54, 1.807) is 11.8 Å². The first-order chi connectivity index (χ1) is 17.1. The Morgan fingerprint density at radius 2 is 1.83 bits per heavy atom. The van der Waals surface area contributed by atoms with E-state index >= 15 is 0 Å². The second-order valence-corrected chi connectivity index (χ2v) is 12.9. The molecule has 0 aromatic carbocycles. The Bertz CT molecular complexity index is 967. The molecule has 1 heterocycles. The lowest BCUT2D eigenvalue weighted by Crippen LogP contribution is -2.60. The number of carboxylic acids is 2. The molecule has 0 saturated heterocycles. The Kier molecular flexibility index (Phi) is 7.98. The van der Waals surface area contributed by atoms with Crippen molar-refractivity contribution in [2.24, 2.45) is 28.4 Å². The van der Waals surface area contributed by atoms with Crippen molar-refractivity contribution in [1.29, 1.82) is 0 Å². The predicted molar refractivity (Wildman–Crippen MR) is 140 cm³/mol. The van der Waals surface area contributed by atoms with Crippen LogP contribution in [0.15, 0.2) is 34.7 Å². The summed E-state index contributed by atoms with van der Waals surface area (Å²) < 4.78 is 5.42. The molecule has 4 aliphatic rings. The van der Waals surface area contributed by atoms with E-state index in [2.05, 4.69) is 37.8 Å². The third-order valence-electron chi connectivity index (χ3n) is 10.1.